The Labute approximate surface area is 125 Å². The summed E-state index contributed by atoms with van der Waals surface area (Å²) in [7, 11) is -0.736. The fraction of sp³-hybridized carbons (Fsp3) is 0.571. The number of nitrogens with two attached hydrogens (primary N) is 1. The third kappa shape index (κ3) is 3.48. The van der Waals surface area contributed by atoms with Gasteiger partial charge in [0.05, 0.1) is 14.2 Å². The molecule has 0 aromatic heterocycles. The molecule has 1 aliphatic rings. The Balaban J connectivity index is 2.30. The van der Waals surface area contributed by atoms with Crippen LogP contribution in [-0.4, -0.2) is 35.2 Å². The van der Waals surface area contributed by atoms with Crippen LogP contribution in [-0.2, 0) is 10.0 Å². The number of methoxy groups -OCH3 is 2. The van der Waals surface area contributed by atoms with Gasteiger partial charge in [-0.25, -0.2) is 13.1 Å². The van der Waals surface area contributed by atoms with Crippen molar-refractivity contribution in [3.05, 3.63) is 18.2 Å². The maximum atomic E-state index is 12.6. The van der Waals surface area contributed by atoms with Crippen molar-refractivity contribution in [2.45, 2.75) is 30.2 Å². The first-order valence-corrected chi connectivity index (χ1v) is 8.44. The molecule has 2 atom stereocenters. The van der Waals surface area contributed by atoms with E-state index in [1.165, 1.54) is 20.3 Å². The zero-order valence-corrected chi connectivity index (χ0v) is 13.2. The lowest BCUT2D eigenvalue weighted by Gasteiger charge is -2.20. The Bertz CT molecular complexity index is 589. The zero-order chi connectivity index (χ0) is 15.5. The average Bonchev–Trinajstić information content (AvgIpc) is 2.92. The fourth-order valence-corrected chi connectivity index (χ4v) is 4.25. The molecule has 0 radical (unpaired) electrons. The van der Waals surface area contributed by atoms with E-state index < -0.39 is 10.0 Å². The number of benzene rings is 1. The van der Waals surface area contributed by atoms with E-state index in [4.69, 9.17) is 15.2 Å². The lowest BCUT2D eigenvalue weighted by molar-refractivity contribution is 0.390. The molecule has 6 nitrogen and oxygen atoms in total. The summed E-state index contributed by atoms with van der Waals surface area (Å²) in [6, 6.07) is 4.60. The van der Waals surface area contributed by atoms with Crippen LogP contribution < -0.4 is 19.9 Å². The quantitative estimate of drug-likeness (QED) is 0.821. The van der Waals surface area contributed by atoms with Gasteiger partial charge in [-0.05, 0) is 37.4 Å². The molecule has 2 rings (SSSR count). The first-order valence-electron chi connectivity index (χ1n) is 6.96. The van der Waals surface area contributed by atoms with Crippen molar-refractivity contribution in [1.82, 2.24) is 4.72 Å². The highest BCUT2D eigenvalue weighted by Crippen LogP contribution is 2.31. The molecule has 0 bridgehead atoms. The number of rotatable bonds is 6. The molecular formula is C14H22N2O4S. The van der Waals surface area contributed by atoms with Gasteiger partial charge in [0, 0.05) is 12.1 Å². The molecule has 2 unspecified atom stereocenters. The van der Waals surface area contributed by atoms with Crippen molar-refractivity contribution in [2.75, 3.05) is 20.8 Å². The topological polar surface area (TPSA) is 90.6 Å². The predicted molar refractivity (Wildman–Crippen MR) is 80.1 cm³/mol. The lowest BCUT2D eigenvalue weighted by atomic mass is 10.1. The maximum absolute atomic E-state index is 12.6. The van der Waals surface area contributed by atoms with Crippen molar-refractivity contribution in [1.29, 1.82) is 0 Å². The lowest BCUT2D eigenvalue weighted by Crippen LogP contribution is -2.39. The molecule has 0 aliphatic heterocycles. The van der Waals surface area contributed by atoms with Crippen molar-refractivity contribution in [3.8, 4) is 11.5 Å². The Hall–Kier alpha value is -1.31. The summed E-state index contributed by atoms with van der Waals surface area (Å²) in [6.07, 6.45) is 2.76. The van der Waals surface area contributed by atoms with Gasteiger partial charge in [-0.3, -0.25) is 0 Å². The minimum atomic E-state index is -3.67. The van der Waals surface area contributed by atoms with Gasteiger partial charge in [-0.1, -0.05) is 6.42 Å². The second-order valence-corrected chi connectivity index (χ2v) is 6.85. The second kappa shape index (κ2) is 6.64. The van der Waals surface area contributed by atoms with Gasteiger partial charge in [-0.15, -0.1) is 0 Å². The minimum absolute atomic E-state index is 0.0898. The molecule has 0 heterocycles. The Morgan fingerprint density at radius 2 is 2.05 bits per heavy atom. The first-order chi connectivity index (χ1) is 10.0. The molecule has 3 N–H and O–H groups in total. The average molecular weight is 314 g/mol. The molecule has 118 valence electrons. The minimum Gasteiger partial charge on any atom is -0.497 e. The highest BCUT2D eigenvalue weighted by molar-refractivity contribution is 7.89. The Kier molecular flexibility index (Phi) is 5.08. The monoisotopic (exact) mass is 314 g/mol. The van der Waals surface area contributed by atoms with Crippen molar-refractivity contribution < 1.29 is 17.9 Å². The number of nitrogens with one attached hydrogen (secondary N) is 1. The Morgan fingerprint density at radius 1 is 1.29 bits per heavy atom. The molecule has 1 aromatic carbocycles. The van der Waals surface area contributed by atoms with Gasteiger partial charge in [0.15, 0.2) is 0 Å². The van der Waals surface area contributed by atoms with Crippen LogP contribution in [0.1, 0.15) is 19.3 Å². The molecule has 1 fully saturated rings. The molecular weight excluding hydrogens is 292 g/mol. The van der Waals surface area contributed by atoms with Crippen molar-refractivity contribution in [3.63, 3.8) is 0 Å². The molecule has 0 amide bonds. The molecule has 0 spiro atoms. The van der Waals surface area contributed by atoms with Crippen LogP contribution in [0.3, 0.4) is 0 Å². The van der Waals surface area contributed by atoms with E-state index in [0.717, 1.165) is 19.3 Å². The van der Waals surface area contributed by atoms with Crippen molar-refractivity contribution in [2.24, 2.45) is 11.7 Å². The number of ether oxygens (including phenoxy) is 2. The van der Waals surface area contributed by atoms with Gasteiger partial charge in [0.25, 0.3) is 0 Å². The van der Waals surface area contributed by atoms with Gasteiger partial charge in [0.1, 0.15) is 16.4 Å². The molecule has 1 aromatic rings. The van der Waals surface area contributed by atoms with Gasteiger partial charge in [-0.2, -0.15) is 0 Å². The second-order valence-electron chi connectivity index (χ2n) is 5.17. The smallest absolute Gasteiger partial charge is 0.244 e. The van der Waals surface area contributed by atoms with Crippen molar-refractivity contribution >= 4 is 10.0 Å². The summed E-state index contributed by atoms with van der Waals surface area (Å²) in [5.41, 5.74) is 5.70. The van der Waals surface area contributed by atoms with Gasteiger partial charge in [0.2, 0.25) is 10.0 Å². The van der Waals surface area contributed by atoms with Crippen LogP contribution in [0.2, 0.25) is 0 Å². The van der Waals surface area contributed by atoms with Crippen LogP contribution in [0.5, 0.6) is 11.5 Å². The van der Waals surface area contributed by atoms with Crippen LogP contribution in [0, 0.1) is 5.92 Å². The maximum Gasteiger partial charge on any atom is 0.244 e. The van der Waals surface area contributed by atoms with Crippen LogP contribution in [0.15, 0.2) is 23.1 Å². The Morgan fingerprint density at radius 3 is 2.67 bits per heavy atom. The van der Waals surface area contributed by atoms with Crippen LogP contribution in [0.4, 0.5) is 0 Å². The fourth-order valence-electron chi connectivity index (χ4n) is 2.73. The van der Waals surface area contributed by atoms with Gasteiger partial charge < -0.3 is 15.2 Å². The highest BCUT2D eigenvalue weighted by atomic mass is 32.2. The molecule has 1 saturated carbocycles. The summed E-state index contributed by atoms with van der Waals surface area (Å²) in [5.74, 6) is 0.958. The van der Waals surface area contributed by atoms with Crippen LogP contribution in [0.25, 0.3) is 0 Å². The third-order valence-electron chi connectivity index (χ3n) is 3.93. The van der Waals surface area contributed by atoms with E-state index in [-0.39, 0.29) is 16.9 Å². The standard InChI is InChI=1S/C14H22N2O4S/c1-19-11-6-7-13(20-2)14(8-11)21(17,18)16-12-5-3-4-10(12)9-15/h6-8,10,12,16H,3-5,9,15H2,1-2H3. The highest BCUT2D eigenvalue weighted by Gasteiger charge is 2.31. The normalized spacial score (nSPS) is 22.2. The van der Waals surface area contributed by atoms with E-state index in [9.17, 15) is 8.42 Å². The molecule has 7 heteroatoms. The van der Waals surface area contributed by atoms with Gasteiger partial charge >= 0.3 is 0 Å². The van der Waals surface area contributed by atoms with E-state index >= 15 is 0 Å². The number of hydrogen-bond acceptors (Lipinski definition) is 5. The summed E-state index contributed by atoms with van der Waals surface area (Å²) in [5, 5.41) is 0. The third-order valence-corrected chi connectivity index (χ3v) is 5.44. The number of sulfonamides is 1. The number of hydrogen-bond donors (Lipinski definition) is 2. The largest absolute Gasteiger partial charge is 0.497 e. The molecule has 21 heavy (non-hydrogen) atoms. The zero-order valence-electron chi connectivity index (χ0n) is 12.3. The first kappa shape index (κ1) is 16.1. The summed E-state index contributed by atoms with van der Waals surface area (Å²) < 4.78 is 38.2. The van der Waals surface area contributed by atoms with E-state index in [1.807, 2.05) is 0 Å². The van der Waals surface area contributed by atoms with E-state index in [2.05, 4.69) is 4.72 Å². The summed E-state index contributed by atoms with van der Waals surface area (Å²) >= 11 is 0. The van der Waals surface area contributed by atoms with E-state index in [1.54, 1.807) is 12.1 Å². The van der Waals surface area contributed by atoms with Crippen LogP contribution >= 0.6 is 0 Å². The van der Waals surface area contributed by atoms with E-state index in [0.29, 0.717) is 18.0 Å². The molecule has 1 aliphatic carbocycles. The predicted octanol–water partition coefficient (Wildman–Crippen LogP) is 1.11. The SMILES string of the molecule is COc1ccc(OC)c(S(=O)(=O)NC2CCCC2CN)c1. The summed E-state index contributed by atoms with van der Waals surface area (Å²) in [6.45, 7) is 0.489. The summed E-state index contributed by atoms with van der Waals surface area (Å²) in [4.78, 5) is 0.0898. The molecule has 0 saturated heterocycles.